The van der Waals surface area contributed by atoms with E-state index in [9.17, 15) is 0 Å². The first-order valence-electron chi connectivity index (χ1n) is 6.04. The van der Waals surface area contributed by atoms with Gasteiger partial charge in [-0.25, -0.2) is 4.98 Å². The highest BCUT2D eigenvalue weighted by molar-refractivity contribution is 7.13. The van der Waals surface area contributed by atoms with Crippen molar-refractivity contribution < 1.29 is 4.74 Å². The predicted octanol–water partition coefficient (Wildman–Crippen LogP) is 2.35. The summed E-state index contributed by atoms with van der Waals surface area (Å²) in [6, 6.07) is 8.46. The number of rotatable bonds is 3. The molecule has 94 valence electrons. The highest BCUT2D eigenvalue weighted by Crippen LogP contribution is 2.34. The number of ether oxygens (including phenoxy) is 1. The smallest absolute Gasteiger partial charge is 0.123 e. The van der Waals surface area contributed by atoms with Crippen LogP contribution < -0.4 is 5.73 Å². The van der Waals surface area contributed by atoms with Crippen molar-refractivity contribution in [1.82, 2.24) is 4.98 Å². The van der Waals surface area contributed by atoms with Gasteiger partial charge in [-0.1, -0.05) is 29.8 Å². The van der Waals surface area contributed by atoms with E-state index in [2.05, 4.69) is 36.6 Å². The van der Waals surface area contributed by atoms with E-state index < -0.39 is 0 Å². The molecule has 0 bridgehead atoms. The average Bonchev–Trinajstić information content (AvgIpc) is 2.79. The van der Waals surface area contributed by atoms with E-state index in [4.69, 9.17) is 15.5 Å². The largest absolute Gasteiger partial charge is 0.379 e. The Balaban J connectivity index is 1.91. The zero-order chi connectivity index (χ0) is 12.6. The maximum absolute atomic E-state index is 5.85. The Labute approximate surface area is 111 Å². The van der Waals surface area contributed by atoms with Gasteiger partial charge in [0.1, 0.15) is 5.01 Å². The molecule has 0 saturated carbocycles. The molecule has 2 heterocycles. The number of aromatic nitrogens is 1. The molecule has 1 aromatic carbocycles. The third-order valence-electron chi connectivity index (χ3n) is 3.49. The van der Waals surface area contributed by atoms with Crippen LogP contribution in [0.15, 0.2) is 29.6 Å². The fraction of sp³-hybridized carbons (Fsp3) is 0.357. The standard InChI is InChI=1S/C14H16N2OS/c1-10-2-4-11(5-3-10)13-16-12(6-18-13)14(7-15)8-17-9-14/h2-6H,7-9,15H2,1H3. The van der Waals surface area contributed by atoms with E-state index >= 15 is 0 Å². The number of nitrogens with two attached hydrogens (primary N) is 1. The maximum atomic E-state index is 5.85. The van der Waals surface area contributed by atoms with E-state index in [0.717, 1.165) is 10.7 Å². The number of hydrogen-bond donors (Lipinski definition) is 1. The molecule has 3 nitrogen and oxygen atoms in total. The fourth-order valence-corrected chi connectivity index (χ4v) is 3.01. The van der Waals surface area contributed by atoms with Gasteiger partial charge in [0.2, 0.25) is 0 Å². The van der Waals surface area contributed by atoms with Crippen LogP contribution in [0.3, 0.4) is 0 Å². The molecule has 0 amide bonds. The van der Waals surface area contributed by atoms with Crippen molar-refractivity contribution in [2.24, 2.45) is 5.73 Å². The van der Waals surface area contributed by atoms with Gasteiger partial charge in [-0.3, -0.25) is 0 Å². The number of thiazole rings is 1. The van der Waals surface area contributed by atoms with Crippen molar-refractivity contribution in [3.05, 3.63) is 40.9 Å². The minimum atomic E-state index is -0.0422. The van der Waals surface area contributed by atoms with Crippen LogP contribution in [0.4, 0.5) is 0 Å². The summed E-state index contributed by atoms with van der Waals surface area (Å²) in [5.74, 6) is 0. The molecule has 2 aromatic rings. The summed E-state index contributed by atoms with van der Waals surface area (Å²) < 4.78 is 5.30. The normalized spacial score (nSPS) is 17.4. The monoisotopic (exact) mass is 260 g/mol. The summed E-state index contributed by atoms with van der Waals surface area (Å²) in [7, 11) is 0. The molecule has 1 aliphatic rings. The second-order valence-electron chi connectivity index (χ2n) is 4.88. The van der Waals surface area contributed by atoms with Gasteiger partial charge in [0, 0.05) is 17.5 Å². The lowest BCUT2D eigenvalue weighted by Gasteiger charge is -2.39. The minimum Gasteiger partial charge on any atom is -0.379 e. The summed E-state index contributed by atoms with van der Waals surface area (Å²) in [6.07, 6.45) is 0. The van der Waals surface area contributed by atoms with E-state index in [0.29, 0.717) is 19.8 Å². The Hall–Kier alpha value is -1.23. The molecule has 0 radical (unpaired) electrons. The van der Waals surface area contributed by atoms with Gasteiger partial charge >= 0.3 is 0 Å². The van der Waals surface area contributed by atoms with E-state index in [1.807, 2.05) is 0 Å². The van der Waals surface area contributed by atoms with Crippen LogP contribution in [-0.4, -0.2) is 24.7 Å². The van der Waals surface area contributed by atoms with Crippen molar-refractivity contribution in [3.8, 4) is 10.6 Å². The van der Waals surface area contributed by atoms with Crippen LogP contribution in [-0.2, 0) is 10.2 Å². The molecule has 1 fully saturated rings. The lowest BCUT2D eigenvalue weighted by Crippen LogP contribution is -2.52. The van der Waals surface area contributed by atoms with E-state index in [1.54, 1.807) is 11.3 Å². The van der Waals surface area contributed by atoms with Gasteiger partial charge in [-0.2, -0.15) is 0 Å². The zero-order valence-electron chi connectivity index (χ0n) is 10.3. The Morgan fingerprint density at radius 2 is 2.06 bits per heavy atom. The highest BCUT2D eigenvalue weighted by Gasteiger charge is 2.41. The predicted molar refractivity (Wildman–Crippen MR) is 73.8 cm³/mol. The van der Waals surface area contributed by atoms with Crippen molar-refractivity contribution in [3.63, 3.8) is 0 Å². The van der Waals surface area contributed by atoms with E-state index in [-0.39, 0.29) is 5.41 Å². The summed E-state index contributed by atoms with van der Waals surface area (Å²) in [5, 5.41) is 3.18. The molecule has 0 unspecified atom stereocenters. The van der Waals surface area contributed by atoms with Crippen LogP contribution in [0.5, 0.6) is 0 Å². The first-order chi connectivity index (χ1) is 8.73. The SMILES string of the molecule is Cc1ccc(-c2nc(C3(CN)COC3)cs2)cc1. The fourth-order valence-electron chi connectivity index (χ4n) is 2.06. The number of hydrogen-bond acceptors (Lipinski definition) is 4. The summed E-state index contributed by atoms with van der Waals surface area (Å²) in [6.45, 7) is 4.08. The molecule has 4 heteroatoms. The first-order valence-corrected chi connectivity index (χ1v) is 6.92. The second kappa shape index (κ2) is 4.46. The van der Waals surface area contributed by atoms with Crippen molar-refractivity contribution in [2.45, 2.75) is 12.3 Å². The lowest BCUT2D eigenvalue weighted by molar-refractivity contribution is -0.0568. The van der Waals surface area contributed by atoms with Crippen LogP contribution in [0, 0.1) is 6.92 Å². The molecular formula is C14H16N2OS. The van der Waals surface area contributed by atoms with Crippen LogP contribution in [0.2, 0.25) is 0 Å². The lowest BCUT2D eigenvalue weighted by atomic mass is 9.83. The molecule has 1 aliphatic heterocycles. The maximum Gasteiger partial charge on any atom is 0.123 e. The Kier molecular flexibility index (Phi) is 2.93. The van der Waals surface area contributed by atoms with Gasteiger partial charge in [0.15, 0.2) is 0 Å². The summed E-state index contributed by atoms with van der Waals surface area (Å²) in [5.41, 5.74) is 9.33. The second-order valence-corrected chi connectivity index (χ2v) is 5.74. The van der Waals surface area contributed by atoms with Gasteiger partial charge in [0.25, 0.3) is 0 Å². The molecule has 18 heavy (non-hydrogen) atoms. The summed E-state index contributed by atoms with van der Waals surface area (Å²) >= 11 is 1.68. The third kappa shape index (κ3) is 1.86. The van der Waals surface area contributed by atoms with Gasteiger partial charge in [0.05, 0.1) is 24.3 Å². The molecule has 1 aromatic heterocycles. The van der Waals surface area contributed by atoms with Crippen molar-refractivity contribution in [1.29, 1.82) is 0 Å². The van der Waals surface area contributed by atoms with Crippen LogP contribution in [0.1, 0.15) is 11.3 Å². The van der Waals surface area contributed by atoms with Crippen molar-refractivity contribution in [2.75, 3.05) is 19.8 Å². The molecule has 0 aliphatic carbocycles. The average molecular weight is 260 g/mol. The number of aryl methyl sites for hydroxylation is 1. The third-order valence-corrected chi connectivity index (χ3v) is 4.38. The molecule has 1 saturated heterocycles. The number of benzene rings is 1. The molecule has 2 N–H and O–H groups in total. The summed E-state index contributed by atoms with van der Waals surface area (Å²) in [4.78, 5) is 4.73. The van der Waals surface area contributed by atoms with Gasteiger partial charge in [-0.05, 0) is 6.92 Å². The first kappa shape index (κ1) is 11.8. The Morgan fingerprint density at radius 1 is 1.33 bits per heavy atom. The van der Waals surface area contributed by atoms with Crippen LogP contribution >= 0.6 is 11.3 Å². The van der Waals surface area contributed by atoms with Crippen LogP contribution in [0.25, 0.3) is 10.6 Å². The quantitative estimate of drug-likeness (QED) is 0.921. The minimum absolute atomic E-state index is 0.0422. The Bertz CT molecular complexity index is 538. The molecular weight excluding hydrogens is 244 g/mol. The molecule has 3 rings (SSSR count). The van der Waals surface area contributed by atoms with Gasteiger partial charge < -0.3 is 10.5 Å². The topological polar surface area (TPSA) is 48.1 Å². The molecule has 0 spiro atoms. The van der Waals surface area contributed by atoms with E-state index in [1.165, 1.54) is 11.1 Å². The van der Waals surface area contributed by atoms with Gasteiger partial charge in [-0.15, -0.1) is 11.3 Å². The highest BCUT2D eigenvalue weighted by atomic mass is 32.1. The number of nitrogens with zero attached hydrogens (tertiary/aromatic N) is 1. The Morgan fingerprint density at radius 3 is 2.61 bits per heavy atom. The molecule has 0 atom stereocenters. The van der Waals surface area contributed by atoms with Crippen molar-refractivity contribution >= 4 is 11.3 Å². The zero-order valence-corrected chi connectivity index (χ0v) is 11.2.